The number of halogens is 4. The quantitative estimate of drug-likeness (QED) is 0.543. The lowest BCUT2D eigenvalue weighted by atomic mass is 9.96. The minimum Gasteiger partial charge on any atom is -0.201 e. The third kappa shape index (κ3) is 3.08. The molecule has 0 amide bonds. The number of nitriles is 5. The molecule has 1 heterocycles. The van der Waals surface area contributed by atoms with Crippen LogP contribution in [0.1, 0.15) is 16.7 Å². The van der Waals surface area contributed by atoms with Crippen LogP contribution in [0.4, 0.5) is 17.6 Å². The van der Waals surface area contributed by atoms with Crippen molar-refractivity contribution in [2.24, 2.45) is 0 Å². The fourth-order valence-electron chi connectivity index (χ4n) is 2.33. The Kier molecular flexibility index (Phi) is 5.37. The van der Waals surface area contributed by atoms with Crippen LogP contribution in [0.2, 0.25) is 0 Å². The number of aromatic nitrogens is 1. The Labute approximate surface area is 154 Å². The molecule has 1 aromatic carbocycles. The molecule has 0 aliphatic heterocycles. The van der Waals surface area contributed by atoms with Crippen molar-refractivity contribution in [2.75, 3.05) is 0 Å². The fraction of sp³-hybridized carbons (Fsp3) is 0. The van der Waals surface area contributed by atoms with E-state index < -0.39 is 56.6 Å². The molecular formula is C18H2F4N6. The average Bonchev–Trinajstić information content (AvgIpc) is 2.70. The van der Waals surface area contributed by atoms with Gasteiger partial charge < -0.3 is 0 Å². The molecule has 0 N–H and O–H groups in total. The molecule has 0 atom stereocenters. The number of hydrogen-bond donors (Lipinski definition) is 0. The Morgan fingerprint density at radius 3 is 1.57 bits per heavy atom. The molecule has 0 unspecified atom stereocenters. The van der Waals surface area contributed by atoms with Gasteiger partial charge in [0.05, 0.1) is 34.4 Å². The fourth-order valence-corrected chi connectivity index (χ4v) is 2.33. The van der Waals surface area contributed by atoms with Crippen molar-refractivity contribution < 1.29 is 17.6 Å². The summed E-state index contributed by atoms with van der Waals surface area (Å²) in [6.07, 6.45) is 0. The number of hydrogen-bond acceptors (Lipinski definition) is 6. The predicted octanol–water partition coefficient (Wildman–Crippen LogP) is 1.30. The van der Waals surface area contributed by atoms with Gasteiger partial charge in [-0.3, -0.25) is 0 Å². The molecule has 10 heteroatoms. The second-order valence-electron chi connectivity index (χ2n) is 4.95. The smallest absolute Gasteiger partial charge is 0.201 e. The normalized spacial score (nSPS) is 9.25. The highest BCUT2D eigenvalue weighted by Crippen LogP contribution is 2.23. The van der Waals surface area contributed by atoms with Crippen LogP contribution in [0, 0.1) is 80.2 Å². The van der Waals surface area contributed by atoms with E-state index in [2.05, 4.69) is 4.98 Å². The van der Waals surface area contributed by atoms with Gasteiger partial charge in [-0.2, -0.15) is 40.1 Å². The van der Waals surface area contributed by atoms with Gasteiger partial charge in [0.15, 0.2) is 11.6 Å². The molecule has 132 valence electrons. The SMILES string of the molecule is N#CC(C#N)=c1cc(C#N)c(=C(C#N)c2c(F)c(F)nc(F)c2F)c(C#N)c1. The van der Waals surface area contributed by atoms with Crippen LogP contribution in [-0.4, -0.2) is 4.98 Å². The minimum absolute atomic E-state index is 0.160. The average molecular weight is 378 g/mol. The third-order valence-corrected chi connectivity index (χ3v) is 3.50. The van der Waals surface area contributed by atoms with Crippen molar-refractivity contribution in [3.05, 3.63) is 62.8 Å². The predicted molar refractivity (Wildman–Crippen MR) is 81.9 cm³/mol. The highest BCUT2D eigenvalue weighted by molar-refractivity contribution is 5.80. The monoisotopic (exact) mass is 378 g/mol. The molecule has 6 nitrogen and oxygen atoms in total. The summed E-state index contributed by atoms with van der Waals surface area (Å²) in [4.78, 5) is 2.38. The number of rotatable bonds is 1. The summed E-state index contributed by atoms with van der Waals surface area (Å²) in [5.41, 5.74) is -4.00. The van der Waals surface area contributed by atoms with E-state index in [0.29, 0.717) is 0 Å². The van der Waals surface area contributed by atoms with Gasteiger partial charge in [0.25, 0.3) is 11.9 Å². The highest BCUT2D eigenvalue weighted by Gasteiger charge is 2.25. The van der Waals surface area contributed by atoms with Gasteiger partial charge in [0.2, 0.25) is 0 Å². The summed E-state index contributed by atoms with van der Waals surface area (Å²) in [6, 6.07) is 9.39. The topological polar surface area (TPSA) is 132 Å². The van der Waals surface area contributed by atoms with E-state index in [-0.39, 0.29) is 5.22 Å². The Bertz CT molecular complexity index is 1270. The van der Waals surface area contributed by atoms with Crippen molar-refractivity contribution in [3.8, 4) is 30.3 Å². The molecule has 0 radical (unpaired) electrons. The van der Waals surface area contributed by atoms with Gasteiger partial charge in [-0.05, 0) is 12.1 Å². The van der Waals surface area contributed by atoms with Gasteiger partial charge >= 0.3 is 0 Å². The molecule has 1 aromatic heterocycles. The largest absolute Gasteiger partial charge is 0.252 e. The Morgan fingerprint density at radius 1 is 0.750 bits per heavy atom. The van der Waals surface area contributed by atoms with Crippen LogP contribution in [0.15, 0.2) is 12.1 Å². The first-order chi connectivity index (χ1) is 13.3. The Balaban J connectivity index is 3.26. The van der Waals surface area contributed by atoms with E-state index in [1.807, 2.05) is 0 Å². The first kappa shape index (κ1) is 19.6. The summed E-state index contributed by atoms with van der Waals surface area (Å²) in [6.45, 7) is 0. The standard InChI is InChI=1S/C18H2F4N6/c19-15-14(16(20)18(22)28-17(15)21)12(7-27)13-9(3-23)1-8(2-10(13)4-24)11(5-25)6-26/h1-2H. The van der Waals surface area contributed by atoms with Gasteiger partial charge in [0, 0.05) is 10.4 Å². The zero-order valence-corrected chi connectivity index (χ0v) is 13.3. The molecule has 2 rings (SSSR count). The second-order valence-corrected chi connectivity index (χ2v) is 4.95. The van der Waals surface area contributed by atoms with Crippen molar-refractivity contribution in [3.63, 3.8) is 0 Å². The zero-order chi connectivity index (χ0) is 21.0. The van der Waals surface area contributed by atoms with Crippen LogP contribution in [0.5, 0.6) is 0 Å². The molecule has 0 saturated heterocycles. The molecule has 0 aliphatic carbocycles. The van der Waals surface area contributed by atoms with E-state index in [1.54, 1.807) is 12.1 Å². The molecular weight excluding hydrogens is 376 g/mol. The van der Waals surface area contributed by atoms with Crippen LogP contribution < -0.4 is 10.4 Å². The summed E-state index contributed by atoms with van der Waals surface area (Å²) in [5.74, 6) is -8.04. The number of benzene rings is 1. The zero-order valence-electron chi connectivity index (χ0n) is 13.3. The minimum atomic E-state index is -2.03. The summed E-state index contributed by atoms with van der Waals surface area (Å²) in [7, 11) is 0. The van der Waals surface area contributed by atoms with Gasteiger partial charge in [-0.25, -0.2) is 8.78 Å². The van der Waals surface area contributed by atoms with Crippen LogP contribution in [0.3, 0.4) is 0 Å². The maximum Gasteiger partial charge on any atom is 0.252 e. The maximum absolute atomic E-state index is 14.1. The summed E-state index contributed by atoms with van der Waals surface area (Å²) < 4.78 is 55.0. The lowest BCUT2D eigenvalue weighted by Crippen LogP contribution is -2.23. The Hall–Kier alpha value is -4.72. The van der Waals surface area contributed by atoms with Crippen molar-refractivity contribution in [1.82, 2.24) is 4.98 Å². The van der Waals surface area contributed by atoms with Crippen LogP contribution >= 0.6 is 0 Å². The van der Waals surface area contributed by atoms with Gasteiger partial charge in [0.1, 0.15) is 23.8 Å². The molecule has 0 aliphatic rings. The van der Waals surface area contributed by atoms with Crippen molar-refractivity contribution in [1.29, 1.82) is 26.3 Å². The van der Waals surface area contributed by atoms with E-state index >= 15 is 0 Å². The van der Waals surface area contributed by atoms with E-state index in [9.17, 15) is 33.3 Å². The first-order valence-electron chi connectivity index (χ1n) is 6.98. The van der Waals surface area contributed by atoms with Gasteiger partial charge in [-0.15, -0.1) is 0 Å². The first-order valence-corrected chi connectivity index (χ1v) is 6.98. The number of nitrogens with zero attached hydrogens (tertiary/aromatic N) is 6. The van der Waals surface area contributed by atoms with Crippen molar-refractivity contribution >= 4 is 11.1 Å². The maximum atomic E-state index is 14.1. The van der Waals surface area contributed by atoms with E-state index in [4.69, 9.17) is 10.5 Å². The van der Waals surface area contributed by atoms with E-state index in [0.717, 1.165) is 12.1 Å². The molecule has 0 spiro atoms. The molecule has 2 aromatic rings. The Morgan fingerprint density at radius 2 is 1.21 bits per heavy atom. The summed E-state index contributed by atoms with van der Waals surface area (Å²) in [5, 5.41) is 45.1. The summed E-state index contributed by atoms with van der Waals surface area (Å²) >= 11 is 0. The lowest BCUT2D eigenvalue weighted by Gasteiger charge is -2.07. The second kappa shape index (κ2) is 7.67. The van der Waals surface area contributed by atoms with Crippen LogP contribution in [-0.2, 0) is 0 Å². The molecule has 0 saturated carbocycles. The van der Waals surface area contributed by atoms with E-state index in [1.165, 1.54) is 18.2 Å². The van der Waals surface area contributed by atoms with Gasteiger partial charge in [-0.1, -0.05) is 0 Å². The molecule has 0 fully saturated rings. The lowest BCUT2D eigenvalue weighted by molar-refractivity contribution is 0.404. The van der Waals surface area contributed by atoms with Crippen molar-refractivity contribution in [2.45, 2.75) is 0 Å². The molecule has 0 bridgehead atoms. The number of pyridine rings is 1. The highest BCUT2D eigenvalue weighted by atomic mass is 19.2. The molecule has 28 heavy (non-hydrogen) atoms. The van der Waals surface area contributed by atoms with Crippen LogP contribution in [0.25, 0.3) is 11.1 Å². The third-order valence-electron chi connectivity index (χ3n) is 3.50.